The zero-order valence-electron chi connectivity index (χ0n) is 15.3. The van der Waals surface area contributed by atoms with Gasteiger partial charge in [-0.3, -0.25) is 14.3 Å². The zero-order valence-corrected chi connectivity index (χ0v) is 15.3. The van der Waals surface area contributed by atoms with E-state index in [2.05, 4.69) is 41.8 Å². The van der Waals surface area contributed by atoms with Gasteiger partial charge in [0.2, 0.25) is 0 Å². The summed E-state index contributed by atoms with van der Waals surface area (Å²) in [7, 11) is 0. The van der Waals surface area contributed by atoms with E-state index < -0.39 is 0 Å². The quantitative estimate of drug-likeness (QED) is 0.690. The summed E-state index contributed by atoms with van der Waals surface area (Å²) in [6.07, 6.45) is 0. The second-order valence-corrected chi connectivity index (χ2v) is 6.39. The summed E-state index contributed by atoms with van der Waals surface area (Å²) in [6.45, 7) is 6.75. The number of carbonyl (C=O) groups is 1. The van der Waals surface area contributed by atoms with Gasteiger partial charge >= 0.3 is 0 Å². The van der Waals surface area contributed by atoms with Gasteiger partial charge in [0, 0.05) is 5.69 Å². The van der Waals surface area contributed by atoms with Crippen LogP contribution in [0.1, 0.15) is 38.4 Å². The lowest BCUT2D eigenvalue weighted by atomic mass is 10.1. The van der Waals surface area contributed by atoms with Gasteiger partial charge in [0.1, 0.15) is 0 Å². The van der Waals surface area contributed by atoms with Crippen molar-refractivity contribution in [3.63, 3.8) is 0 Å². The number of benzene rings is 2. The van der Waals surface area contributed by atoms with Crippen molar-refractivity contribution in [2.24, 2.45) is 0 Å². The van der Waals surface area contributed by atoms with Crippen LogP contribution in [0.5, 0.6) is 0 Å². The number of aromatic nitrogens is 2. The molecular formula is C21H23N3O2. The Bertz CT molecular complexity index is 884. The molecule has 1 N–H and O–H groups in total. The fourth-order valence-electron chi connectivity index (χ4n) is 2.86. The number of nitrogens with one attached hydrogen (secondary N) is 1. The molecule has 0 aliphatic carbocycles. The Kier molecular flexibility index (Phi) is 5.49. The minimum atomic E-state index is -0.272. The molecule has 0 saturated heterocycles. The SMILES string of the molecule is Cc1ccc(Cn2nc(C)c(C(=O)NOCc3ccccc3)c2C)cc1. The van der Waals surface area contributed by atoms with Gasteiger partial charge in [0.25, 0.3) is 5.91 Å². The van der Waals surface area contributed by atoms with E-state index in [0.717, 1.165) is 16.8 Å². The first-order valence-electron chi connectivity index (χ1n) is 8.60. The summed E-state index contributed by atoms with van der Waals surface area (Å²) in [6, 6.07) is 18.0. The molecule has 134 valence electrons. The third-order valence-corrected chi connectivity index (χ3v) is 4.31. The van der Waals surface area contributed by atoms with Gasteiger partial charge in [-0.25, -0.2) is 5.48 Å². The standard InChI is InChI=1S/C21H23N3O2/c1-15-9-11-18(12-10-15)13-24-17(3)20(16(2)22-24)21(25)23-26-14-19-7-5-4-6-8-19/h4-12H,13-14H2,1-3H3,(H,23,25). The minimum absolute atomic E-state index is 0.272. The highest BCUT2D eigenvalue weighted by atomic mass is 16.6. The average Bonchev–Trinajstić information content (AvgIpc) is 2.91. The maximum absolute atomic E-state index is 12.5. The minimum Gasteiger partial charge on any atom is -0.269 e. The van der Waals surface area contributed by atoms with Crippen LogP contribution in [0.25, 0.3) is 0 Å². The van der Waals surface area contributed by atoms with Crippen molar-refractivity contribution in [3.8, 4) is 0 Å². The maximum Gasteiger partial charge on any atom is 0.278 e. The second-order valence-electron chi connectivity index (χ2n) is 6.39. The lowest BCUT2D eigenvalue weighted by molar-refractivity contribution is 0.0232. The van der Waals surface area contributed by atoms with Gasteiger partial charge in [0.05, 0.1) is 24.4 Å². The topological polar surface area (TPSA) is 56.2 Å². The molecule has 0 aliphatic heterocycles. The Morgan fingerprint density at radius 3 is 2.38 bits per heavy atom. The lowest BCUT2D eigenvalue weighted by Gasteiger charge is -2.08. The molecule has 0 saturated carbocycles. The molecule has 0 radical (unpaired) electrons. The predicted octanol–water partition coefficient (Wildman–Crippen LogP) is 3.72. The highest BCUT2D eigenvalue weighted by Gasteiger charge is 2.19. The summed E-state index contributed by atoms with van der Waals surface area (Å²) in [5.74, 6) is -0.272. The van der Waals surface area contributed by atoms with Crippen LogP contribution in [0.2, 0.25) is 0 Å². The van der Waals surface area contributed by atoms with Crippen LogP contribution in [0.3, 0.4) is 0 Å². The van der Waals surface area contributed by atoms with Gasteiger partial charge in [-0.05, 0) is 31.9 Å². The van der Waals surface area contributed by atoms with E-state index in [9.17, 15) is 4.79 Å². The number of nitrogens with zero attached hydrogens (tertiary/aromatic N) is 2. The van der Waals surface area contributed by atoms with Crippen LogP contribution in [0.4, 0.5) is 0 Å². The largest absolute Gasteiger partial charge is 0.278 e. The van der Waals surface area contributed by atoms with Crippen LogP contribution in [0.15, 0.2) is 54.6 Å². The highest BCUT2D eigenvalue weighted by molar-refractivity contribution is 5.95. The van der Waals surface area contributed by atoms with Crippen molar-refractivity contribution in [2.45, 2.75) is 33.9 Å². The van der Waals surface area contributed by atoms with Crippen LogP contribution in [-0.2, 0) is 18.0 Å². The van der Waals surface area contributed by atoms with Crippen LogP contribution in [0, 0.1) is 20.8 Å². The molecule has 1 heterocycles. The molecule has 0 unspecified atom stereocenters. The molecule has 26 heavy (non-hydrogen) atoms. The molecule has 0 bridgehead atoms. The number of amides is 1. The van der Waals surface area contributed by atoms with Crippen molar-refractivity contribution in [1.82, 2.24) is 15.3 Å². The van der Waals surface area contributed by atoms with Crippen molar-refractivity contribution < 1.29 is 9.63 Å². The van der Waals surface area contributed by atoms with Crippen molar-refractivity contribution in [2.75, 3.05) is 0 Å². The number of hydrogen-bond donors (Lipinski definition) is 1. The summed E-state index contributed by atoms with van der Waals surface area (Å²) in [5, 5.41) is 4.52. The first-order valence-corrected chi connectivity index (χ1v) is 8.60. The van der Waals surface area contributed by atoms with Gasteiger partial charge < -0.3 is 0 Å². The summed E-state index contributed by atoms with van der Waals surface area (Å²) in [5.41, 5.74) is 7.96. The summed E-state index contributed by atoms with van der Waals surface area (Å²) in [4.78, 5) is 17.8. The molecule has 0 aliphatic rings. The zero-order chi connectivity index (χ0) is 18.5. The molecule has 3 aromatic rings. The Balaban J connectivity index is 1.66. The van der Waals surface area contributed by atoms with E-state index in [1.807, 2.05) is 48.9 Å². The molecule has 2 aromatic carbocycles. The Morgan fingerprint density at radius 2 is 1.69 bits per heavy atom. The predicted molar refractivity (Wildman–Crippen MR) is 101 cm³/mol. The highest BCUT2D eigenvalue weighted by Crippen LogP contribution is 2.15. The van der Waals surface area contributed by atoms with Crippen LogP contribution >= 0.6 is 0 Å². The fourth-order valence-corrected chi connectivity index (χ4v) is 2.86. The number of hydrogen-bond acceptors (Lipinski definition) is 3. The number of rotatable bonds is 6. The molecule has 1 aromatic heterocycles. The average molecular weight is 349 g/mol. The monoisotopic (exact) mass is 349 g/mol. The summed E-state index contributed by atoms with van der Waals surface area (Å²) < 4.78 is 1.85. The van der Waals surface area contributed by atoms with E-state index in [-0.39, 0.29) is 5.91 Å². The first-order chi connectivity index (χ1) is 12.5. The third-order valence-electron chi connectivity index (χ3n) is 4.31. The van der Waals surface area contributed by atoms with E-state index in [0.29, 0.717) is 24.4 Å². The lowest BCUT2D eigenvalue weighted by Crippen LogP contribution is -2.24. The molecule has 3 rings (SSSR count). The van der Waals surface area contributed by atoms with Gasteiger partial charge in [-0.15, -0.1) is 0 Å². The van der Waals surface area contributed by atoms with E-state index in [1.54, 1.807) is 0 Å². The van der Waals surface area contributed by atoms with E-state index in [1.165, 1.54) is 5.56 Å². The molecule has 0 spiro atoms. The second kappa shape index (κ2) is 7.97. The molecule has 1 amide bonds. The molecular weight excluding hydrogens is 326 g/mol. The first kappa shape index (κ1) is 17.9. The van der Waals surface area contributed by atoms with Crippen LogP contribution < -0.4 is 5.48 Å². The van der Waals surface area contributed by atoms with Gasteiger partial charge in [-0.2, -0.15) is 5.10 Å². The maximum atomic E-state index is 12.5. The molecule has 5 nitrogen and oxygen atoms in total. The van der Waals surface area contributed by atoms with Gasteiger partial charge in [-0.1, -0.05) is 60.2 Å². The molecule has 5 heteroatoms. The number of hydroxylamine groups is 1. The van der Waals surface area contributed by atoms with Crippen LogP contribution in [-0.4, -0.2) is 15.7 Å². The Morgan fingerprint density at radius 1 is 1.00 bits per heavy atom. The number of carbonyl (C=O) groups excluding carboxylic acids is 1. The Hall–Kier alpha value is -2.92. The molecule has 0 atom stereocenters. The van der Waals surface area contributed by atoms with Gasteiger partial charge in [0.15, 0.2) is 0 Å². The smallest absolute Gasteiger partial charge is 0.269 e. The van der Waals surface area contributed by atoms with Crippen molar-refractivity contribution in [1.29, 1.82) is 0 Å². The molecule has 0 fully saturated rings. The fraction of sp³-hybridized carbons (Fsp3) is 0.238. The van der Waals surface area contributed by atoms with E-state index in [4.69, 9.17) is 4.84 Å². The Labute approximate surface area is 153 Å². The third kappa shape index (κ3) is 4.18. The summed E-state index contributed by atoms with van der Waals surface area (Å²) >= 11 is 0. The van der Waals surface area contributed by atoms with Crippen molar-refractivity contribution >= 4 is 5.91 Å². The normalized spacial score (nSPS) is 10.7. The number of aryl methyl sites for hydroxylation is 2. The van der Waals surface area contributed by atoms with Crippen molar-refractivity contribution in [3.05, 3.63) is 88.2 Å². The van der Waals surface area contributed by atoms with E-state index >= 15 is 0 Å².